The van der Waals surface area contributed by atoms with Gasteiger partial charge in [-0.05, 0) is 36.4 Å². The van der Waals surface area contributed by atoms with E-state index in [2.05, 4.69) is 9.46 Å². The van der Waals surface area contributed by atoms with E-state index in [1.165, 1.54) is 49.6 Å². The zero-order valence-electron chi connectivity index (χ0n) is 11.9. The predicted octanol–water partition coefficient (Wildman–Crippen LogP) is 1.81. The van der Waals surface area contributed by atoms with Gasteiger partial charge in [-0.15, -0.1) is 0 Å². The van der Waals surface area contributed by atoms with Crippen LogP contribution >= 0.6 is 0 Å². The molecule has 0 amide bonds. The average Bonchev–Trinajstić information content (AvgIpc) is 2.83. The lowest BCUT2D eigenvalue weighted by molar-refractivity contribution is 0.0444. The number of anilines is 1. The van der Waals surface area contributed by atoms with Crippen LogP contribution in [0.25, 0.3) is 0 Å². The fraction of sp³-hybridized carbons (Fsp3) is 0.0667. The van der Waals surface area contributed by atoms with Crippen molar-refractivity contribution < 1.29 is 27.5 Å². The van der Waals surface area contributed by atoms with Gasteiger partial charge in [-0.1, -0.05) is 6.07 Å². The number of rotatable bonds is 4. The number of ether oxygens (including phenoxy) is 2. The zero-order valence-corrected chi connectivity index (χ0v) is 12.7. The average molecular weight is 333 g/mol. The van der Waals surface area contributed by atoms with E-state index < -0.39 is 22.0 Å². The van der Waals surface area contributed by atoms with Crippen LogP contribution in [-0.4, -0.2) is 27.5 Å². The second kappa shape index (κ2) is 5.40. The van der Waals surface area contributed by atoms with Crippen LogP contribution in [0.2, 0.25) is 0 Å². The first-order valence-corrected chi connectivity index (χ1v) is 7.97. The number of carbonyl (C=O) groups excluding carboxylic acids is 2. The number of esters is 2. The summed E-state index contributed by atoms with van der Waals surface area (Å²) >= 11 is 0. The van der Waals surface area contributed by atoms with Gasteiger partial charge in [0.2, 0.25) is 0 Å². The molecule has 0 spiro atoms. The molecule has 0 saturated carbocycles. The number of carbonyl (C=O) groups is 2. The largest absolute Gasteiger partial charge is 0.497 e. The first-order valence-electron chi connectivity index (χ1n) is 6.49. The van der Waals surface area contributed by atoms with Gasteiger partial charge in [-0.2, -0.15) is 0 Å². The summed E-state index contributed by atoms with van der Waals surface area (Å²) in [6.07, 6.45) is 0. The second-order valence-electron chi connectivity index (χ2n) is 4.69. The lowest BCUT2D eigenvalue weighted by atomic mass is 10.1. The summed E-state index contributed by atoms with van der Waals surface area (Å²) in [7, 11) is -2.46. The van der Waals surface area contributed by atoms with E-state index in [0.29, 0.717) is 5.75 Å². The number of nitrogens with one attached hydrogen (secondary N) is 1. The Morgan fingerprint density at radius 1 is 1.00 bits per heavy atom. The number of cyclic esters (lactones) is 2. The van der Waals surface area contributed by atoms with Crippen molar-refractivity contribution in [3.63, 3.8) is 0 Å². The topological polar surface area (TPSA) is 98.8 Å². The van der Waals surface area contributed by atoms with Gasteiger partial charge in [0.05, 0.1) is 28.8 Å². The number of benzene rings is 2. The lowest BCUT2D eigenvalue weighted by Gasteiger charge is -2.10. The van der Waals surface area contributed by atoms with Crippen molar-refractivity contribution in [2.24, 2.45) is 0 Å². The van der Waals surface area contributed by atoms with Crippen molar-refractivity contribution in [2.45, 2.75) is 4.90 Å². The molecule has 0 fully saturated rings. The highest BCUT2D eigenvalue weighted by atomic mass is 32.2. The third kappa shape index (κ3) is 2.64. The minimum absolute atomic E-state index is 0.00540. The molecule has 1 aliphatic rings. The third-order valence-corrected chi connectivity index (χ3v) is 4.67. The summed E-state index contributed by atoms with van der Waals surface area (Å²) in [5.74, 6) is -1.16. The number of fused-ring (bicyclic) bond motifs is 1. The maximum absolute atomic E-state index is 12.4. The van der Waals surface area contributed by atoms with Crippen molar-refractivity contribution in [1.82, 2.24) is 0 Å². The summed E-state index contributed by atoms with van der Waals surface area (Å²) in [6, 6.07) is 9.99. The zero-order chi connectivity index (χ0) is 16.6. The molecule has 7 nitrogen and oxygen atoms in total. The Kier molecular flexibility index (Phi) is 3.53. The number of methoxy groups -OCH3 is 1. The SMILES string of the molecule is COc1ccc(S(=O)(=O)Nc2cccc3c2C(=O)OC3=O)cc1. The van der Waals surface area contributed by atoms with Gasteiger partial charge in [-0.25, -0.2) is 18.0 Å². The van der Waals surface area contributed by atoms with Crippen LogP contribution in [0.1, 0.15) is 20.7 Å². The van der Waals surface area contributed by atoms with Gasteiger partial charge in [0, 0.05) is 0 Å². The van der Waals surface area contributed by atoms with Crippen LogP contribution in [0.4, 0.5) is 5.69 Å². The maximum atomic E-state index is 12.4. The molecule has 0 radical (unpaired) electrons. The summed E-state index contributed by atoms with van der Waals surface area (Å²) < 4.78 is 36.6. The van der Waals surface area contributed by atoms with Crippen LogP contribution in [0.15, 0.2) is 47.4 Å². The van der Waals surface area contributed by atoms with E-state index in [1.807, 2.05) is 0 Å². The quantitative estimate of drug-likeness (QED) is 0.677. The molecule has 0 bridgehead atoms. The van der Waals surface area contributed by atoms with E-state index in [1.54, 1.807) is 0 Å². The fourth-order valence-corrected chi connectivity index (χ4v) is 3.25. The van der Waals surface area contributed by atoms with E-state index >= 15 is 0 Å². The third-order valence-electron chi connectivity index (χ3n) is 3.29. The lowest BCUT2D eigenvalue weighted by Crippen LogP contribution is -2.15. The van der Waals surface area contributed by atoms with Gasteiger partial charge in [0.25, 0.3) is 10.0 Å². The molecule has 0 unspecified atom stereocenters. The molecule has 0 aliphatic carbocycles. The van der Waals surface area contributed by atoms with Crippen molar-refractivity contribution >= 4 is 27.6 Å². The smallest absolute Gasteiger partial charge is 0.349 e. The first-order chi connectivity index (χ1) is 10.9. The van der Waals surface area contributed by atoms with Gasteiger partial charge < -0.3 is 9.47 Å². The summed E-state index contributed by atoms with van der Waals surface area (Å²) in [5, 5.41) is 0. The van der Waals surface area contributed by atoms with E-state index in [9.17, 15) is 18.0 Å². The monoisotopic (exact) mass is 333 g/mol. The van der Waals surface area contributed by atoms with Crippen molar-refractivity contribution in [1.29, 1.82) is 0 Å². The minimum atomic E-state index is -3.93. The highest BCUT2D eigenvalue weighted by Gasteiger charge is 2.33. The highest BCUT2D eigenvalue weighted by molar-refractivity contribution is 7.92. The first kappa shape index (κ1) is 15.0. The van der Waals surface area contributed by atoms with Crippen LogP contribution in [0.3, 0.4) is 0 Å². The Hall–Kier alpha value is -2.87. The van der Waals surface area contributed by atoms with Crippen LogP contribution in [-0.2, 0) is 14.8 Å². The summed E-state index contributed by atoms with van der Waals surface area (Å²) in [5.41, 5.74) is -0.0614. The van der Waals surface area contributed by atoms with Gasteiger partial charge in [0.1, 0.15) is 5.75 Å². The van der Waals surface area contributed by atoms with Crippen LogP contribution in [0.5, 0.6) is 5.75 Å². The van der Waals surface area contributed by atoms with E-state index in [-0.39, 0.29) is 21.7 Å². The molecule has 0 aromatic heterocycles. The van der Waals surface area contributed by atoms with E-state index in [0.717, 1.165) is 0 Å². The molecule has 23 heavy (non-hydrogen) atoms. The van der Waals surface area contributed by atoms with Gasteiger partial charge >= 0.3 is 11.9 Å². The van der Waals surface area contributed by atoms with Crippen LogP contribution < -0.4 is 9.46 Å². The highest BCUT2D eigenvalue weighted by Crippen LogP contribution is 2.29. The molecule has 8 heteroatoms. The molecule has 0 atom stereocenters. The molecule has 1 aliphatic heterocycles. The molecule has 1 heterocycles. The Morgan fingerprint density at radius 3 is 2.35 bits per heavy atom. The molecular formula is C15H11NO6S. The van der Waals surface area contributed by atoms with Gasteiger partial charge in [-0.3, -0.25) is 4.72 Å². The molecular weight excluding hydrogens is 322 g/mol. The molecule has 3 rings (SSSR count). The number of sulfonamides is 1. The molecule has 118 valence electrons. The summed E-state index contributed by atoms with van der Waals surface area (Å²) in [6.45, 7) is 0. The molecule has 2 aromatic carbocycles. The molecule has 0 saturated heterocycles. The minimum Gasteiger partial charge on any atom is -0.497 e. The second-order valence-corrected chi connectivity index (χ2v) is 6.37. The van der Waals surface area contributed by atoms with E-state index in [4.69, 9.17) is 4.74 Å². The standard InChI is InChI=1S/C15H11NO6S/c1-21-9-5-7-10(8-6-9)23(19,20)16-12-4-2-3-11-13(12)15(18)22-14(11)17/h2-8,16H,1H3. The van der Waals surface area contributed by atoms with Crippen molar-refractivity contribution in [2.75, 3.05) is 11.8 Å². The number of hydrogen-bond donors (Lipinski definition) is 1. The van der Waals surface area contributed by atoms with Crippen LogP contribution in [0, 0.1) is 0 Å². The van der Waals surface area contributed by atoms with Crippen molar-refractivity contribution in [3.05, 3.63) is 53.6 Å². The Bertz CT molecular complexity index is 902. The Balaban J connectivity index is 1.99. The fourth-order valence-electron chi connectivity index (χ4n) is 2.18. The summed E-state index contributed by atoms with van der Waals surface area (Å²) in [4.78, 5) is 23.2. The Morgan fingerprint density at radius 2 is 1.70 bits per heavy atom. The molecule has 1 N–H and O–H groups in total. The van der Waals surface area contributed by atoms with Gasteiger partial charge in [0.15, 0.2) is 0 Å². The number of hydrogen-bond acceptors (Lipinski definition) is 6. The normalized spacial score (nSPS) is 13.4. The van der Waals surface area contributed by atoms with Crippen molar-refractivity contribution in [3.8, 4) is 5.75 Å². The predicted molar refractivity (Wildman–Crippen MR) is 80.0 cm³/mol. The molecule has 2 aromatic rings. The maximum Gasteiger partial charge on any atom is 0.349 e. The Labute approximate surface area is 131 Å².